The number of ether oxygens (including phenoxy) is 1. The van der Waals surface area contributed by atoms with Crippen molar-refractivity contribution in [3.8, 4) is 0 Å². The maximum Gasteiger partial charge on any atom is 0.315 e. The molecule has 15 heteroatoms. The number of carbonyl (C=O) groups is 5. The molecule has 6 atom stereocenters. The van der Waals surface area contributed by atoms with Crippen LogP contribution in [0.15, 0.2) is 12.7 Å². The molecule has 1 unspecified atom stereocenters. The second-order valence-electron chi connectivity index (χ2n) is 15.2. The molecule has 1 aliphatic carbocycles. The maximum atomic E-state index is 14.2. The summed E-state index contributed by atoms with van der Waals surface area (Å²) < 4.78 is 32.1. The first-order valence-electron chi connectivity index (χ1n) is 17.5. The average molecular weight is 711 g/mol. The van der Waals surface area contributed by atoms with E-state index in [-0.39, 0.29) is 55.7 Å². The van der Waals surface area contributed by atoms with E-state index in [1.165, 1.54) is 22.3 Å². The Balaban J connectivity index is 1.87. The van der Waals surface area contributed by atoms with Gasteiger partial charge in [0.15, 0.2) is 0 Å². The summed E-state index contributed by atoms with van der Waals surface area (Å²) in [5.41, 5.74) is -0.751. The van der Waals surface area contributed by atoms with Crippen molar-refractivity contribution < 1.29 is 37.1 Å². The van der Waals surface area contributed by atoms with E-state index in [9.17, 15) is 32.4 Å². The van der Waals surface area contributed by atoms with E-state index in [4.69, 9.17) is 4.74 Å². The number of piperidine rings is 1. The number of nitrogens with one attached hydrogen (secondary N) is 4. The molecule has 4 N–H and O–H groups in total. The van der Waals surface area contributed by atoms with Crippen molar-refractivity contribution in [2.75, 3.05) is 45.6 Å². The van der Waals surface area contributed by atoms with Crippen LogP contribution in [-0.4, -0.2) is 117 Å². The van der Waals surface area contributed by atoms with Gasteiger partial charge in [0, 0.05) is 39.3 Å². The van der Waals surface area contributed by atoms with E-state index in [1.807, 2.05) is 34.6 Å². The first-order valence-corrected chi connectivity index (χ1v) is 19.1. The SMILES string of the molecule is C=CCNC(=O)C(=O)[C@@H]1CCCCCCCOC[C@H](NC(=O)N[C@H](CN(C)S(=O)(=O)CC)C(C)(C)C)C(=O)N2C[C@H]3[C@@H](C2C(=O)N1)C3(C)C. The molecule has 0 spiro atoms. The molecule has 3 rings (SSSR count). The number of hydrogen-bond donors (Lipinski definition) is 4. The minimum atomic E-state index is -3.51. The van der Waals surface area contributed by atoms with Gasteiger partial charge in [0.1, 0.15) is 12.1 Å². The fourth-order valence-electron chi connectivity index (χ4n) is 6.89. The van der Waals surface area contributed by atoms with Gasteiger partial charge < -0.3 is 30.9 Å². The predicted octanol–water partition coefficient (Wildman–Crippen LogP) is 1.56. The quantitative estimate of drug-likeness (QED) is 0.195. The van der Waals surface area contributed by atoms with Crippen LogP contribution >= 0.6 is 0 Å². The Labute approximate surface area is 291 Å². The third-order valence-electron chi connectivity index (χ3n) is 10.3. The van der Waals surface area contributed by atoms with Crippen molar-refractivity contribution in [2.45, 2.75) is 104 Å². The monoisotopic (exact) mass is 710 g/mol. The fourth-order valence-corrected chi connectivity index (χ4v) is 7.71. The zero-order valence-corrected chi connectivity index (χ0v) is 31.1. The van der Waals surface area contributed by atoms with E-state index < -0.39 is 69.1 Å². The molecule has 2 saturated heterocycles. The summed E-state index contributed by atoms with van der Waals surface area (Å²) in [6.07, 6.45) is 5.61. The van der Waals surface area contributed by atoms with E-state index in [1.54, 1.807) is 6.92 Å². The van der Waals surface area contributed by atoms with Gasteiger partial charge >= 0.3 is 6.03 Å². The van der Waals surface area contributed by atoms with Crippen LogP contribution in [0.4, 0.5) is 4.79 Å². The number of Topliss-reactive ketones (excluding diaryl/α,β-unsaturated/α-hetero) is 1. The molecule has 3 fully saturated rings. The third kappa shape index (κ3) is 10.3. The Bertz CT molecular complexity index is 1350. The average Bonchev–Trinajstić information content (AvgIpc) is 3.33. The van der Waals surface area contributed by atoms with Gasteiger partial charge in [0.2, 0.25) is 27.6 Å². The highest BCUT2D eigenvalue weighted by Gasteiger charge is 2.69. The Morgan fingerprint density at radius 2 is 1.80 bits per heavy atom. The summed E-state index contributed by atoms with van der Waals surface area (Å²) in [7, 11) is -2.04. The number of amides is 5. The number of carbonyl (C=O) groups excluding carboxylic acids is 5. The van der Waals surface area contributed by atoms with Crippen LogP contribution in [0.2, 0.25) is 0 Å². The van der Waals surface area contributed by atoms with E-state index in [2.05, 4.69) is 27.8 Å². The Morgan fingerprint density at radius 3 is 2.43 bits per heavy atom. The smallest absolute Gasteiger partial charge is 0.315 e. The second kappa shape index (κ2) is 16.8. The minimum absolute atomic E-state index is 0.0283. The van der Waals surface area contributed by atoms with Crippen LogP contribution < -0.4 is 21.3 Å². The molecule has 0 aromatic heterocycles. The predicted molar refractivity (Wildman–Crippen MR) is 186 cm³/mol. The zero-order chi connectivity index (χ0) is 36.7. The van der Waals surface area contributed by atoms with E-state index in [0.29, 0.717) is 13.0 Å². The fraction of sp³-hybridized carbons (Fsp3) is 0.794. The molecule has 0 aromatic carbocycles. The van der Waals surface area contributed by atoms with E-state index in [0.717, 1.165) is 25.7 Å². The molecule has 49 heavy (non-hydrogen) atoms. The van der Waals surface area contributed by atoms with Gasteiger partial charge in [0.25, 0.3) is 5.91 Å². The van der Waals surface area contributed by atoms with Crippen molar-refractivity contribution >= 4 is 39.6 Å². The maximum absolute atomic E-state index is 14.2. The highest BCUT2D eigenvalue weighted by molar-refractivity contribution is 7.89. The first kappa shape index (κ1) is 40.4. The molecule has 3 aliphatic rings. The van der Waals surface area contributed by atoms with Crippen molar-refractivity contribution in [3.63, 3.8) is 0 Å². The van der Waals surface area contributed by atoms with Crippen molar-refractivity contribution in [1.29, 1.82) is 0 Å². The van der Waals surface area contributed by atoms with Crippen LogP contribution in [-0.2, 0) is 33.9 Å². The lowest BCUT2D eigenvalue weighted by Crippen LogP contribution is -2.61. The lowest BCUT2D eigenvalue weighted by atomic mass is 9.87. The molecule has 2 aliphatic heterocycles. The molecule has 5 amide bonds. The normalized spacial score (nSPS) is 27.3. The summed E-state index contributed by atoms with van der Waals surface area (Å²) in [4.78, 5) is 69.0. The van der Waals surface area contributed by atoms with Crippen molar-refractivity contribution in [2.24, 2.45) is 22.7 Å². The van der Waals surface area contributed by atoms with Gasteiger partial charge in [-0.25, -0.2) is 17.5 Å². The zero-order valence-electron chi connectivity index (χ0n) is 30.3. The standard InChI is InChI=1S/C34H58N6O8S/c1-9-17-35-30(43)28(41)23-16-14-12-11-13-15-18-48-21-24(31(44)40-19-22-26(34(22,6)7)27(40)29(42)36-23)37-32(45)38-25(33(3,4)5)20-39(8)49(46,47)10-2/h9,22-27H,1,10-21H2,2-8H3,(H,35,43)(H,36,42)(H2,37,38,45)/t22-,23-,24-,25+,26-,27?/m0/s1. The topological polar surface area (TPSA) is 183 Å². The number of rotatable bonds is 10. The van der Waals surface area contributed by atoms with Crippen LogP contribution in [0.5, 0.6) is 0 Å². The van der Waals surface area contributed by atoms with Gasteiger partial charge in [0.05, 0.1) is 18.4 Å². The van der Waals surface area contributed by atoms with Gasteiger partial charge in [-0.2, -0.15) is 0 Å². The summed E-state index contributed by atoms with van der Waals surface area (Å²) in [5.74, 6) is -2.76. The summed E-state index contributed by atoms with van der Waals surface area (Å²) in [6.45, 7) is 15.5. The Kier molecular flexibility index (Phi) is 13.8. The molecular formula is C34H58N6O8S. The van der Waals surface area contributed by atoms with Crippen molar-refractivity contribution in [1.82, 2.24) is 30.5 Å². The summed E-state index contributed by atoms with van der Waals surface area (Å²) in [5, 5.41) is 11.0. The Hall–Kier alpha value is -3.04. The third-order valence-corrected chi connectivity index (χ3v) is 12.2. The van der Waals surface area contributed by atoms with Crippen molar-refractivity contribution in [3.05, 3.63) is 12.7 Å². The number of likely N-dealkylation sites (N-methyl/N-ethyl adjacent to an activating group) is 1. The van der Waals surface area contributed by atoms with Gasteiger partial charge in [-0.3, -0.25) is 19.2 Å². The number of ketones is 1. The molecule has 1 saturated carbocycles. The highest BCUT2D eigenvalue weighted by Crippen LogP contribution is 2.64. The van der Waals surface area contributed by atoms with Crippen LogP contribution in [0.1, 0.15) is 80.1 Å². The van der Waals surface area contributed by atoms with Crippen LogP contribution in [0, 0.1) is 22.7 Å². The number of urea groups is 1. The highest BCUT2D eigenvalue weighted by atomic mass is 32.2. The van der Waals surface area contributed by atoms with Gasteiger partial charge in [-0.1, -0.05) is 66.4 Å². The molecule has 2 heterocycles. The van der Waals surface area contributed by atoms with Gasteiger partial charge in [-0.05, 0) is 42.4 Å². The largest absolute Gasteiger partial charge is 0.379 e. The van der Waals surface area contributed by atoms with Crippen LogP contribution in [0.3, 0.4) is 0 Å². The number of hydrogen-bond acceptors (Lipinski definition) is 8. The van der Waals surface area contributed by atoms with Gasteiger partial charge in [-0.15, -0.1) is 6.58 Å². The minimum Gasteiger partial charge on any atom is -0.379 e. The van der Waals surface area contributed by atoms with E-state index >= 15 is 0 Å². The summed E-state index contributed by atoms with van der Waals surface area (Å²) >= 11 is 0. The molecule has 0 bridgehead atoms. The number of sulfonamides is 1. The number of nitrogens with zero attached hydrogens (tertiary/aromatic N) is 2. The summed E-state index contributed by atoms with van der Waals surface area (Å²) in [6, 6.07) is -4.35. The molecule has 0 aromatic rings. The molecule has 278 valence electrons. The first-order chi connectivity index (χ1) is 22.9. The molecule has 14 nitrogen and oxygen atoms in total. The number of fused-ring (bicyclic) bond motifs is 3. The Morgan fingerprint density at radius 1 is 1.14 bits per heavy atom. The lowest BCUT2D eigenvalue weighted by molar-refractivity contribution is -0.144. The second-order valence-corrected chi connectivity index (χ2v) is 17.6. The van der Waals surface area contributed by atoms with Crippen LogP contribution in [0.25, 0.3) is 0 Å². The molecule has 0 radical (unpaired) electrons. The molecular weight excluding hydrogens is 652 g/mol. The lowest BCUT2D eigenvalue weighted by Gasteiger charge is -2.36.